The van der Waals surface area contributed by atoms with E-state index >= 15 is 8.78 Å². The molecule has 0 radical (unpaired) electrons. The molecular formula is C36H33ClF3N5O3. The first-order chi connectivity index (χ1) is 23.0. The van der Waals surface area contributed by atoms with Crippen LogP contribution in [0, 0.1) is 22.9 Å². The van der Waals surface area contributed by atoms with Gasteiger partial charge >= 0.3 is 0 Å². The second kappa shape index (κ2) is 13.3. The number of carbonyl (C=O) groups excluding carboxylic acids is 2. The summed E-state index contributed by atoms with van der Waals surface area (Å²) in [4.78, 5) is 31.5. The molecule has 12 heteroatoms. The third-order valence-corrected chi connectivity index (χ3v) is 8.88. The van der Waals surface area contributed by atoms with Crippen molar-refractivity contribution in [2.24, 2.45) is 0 Å². The Hall–Kier alpha value is -4.90. The molecule has 0 saturated heterocycles. The minimum Gasteiger partial charge on any atom is -0.494 e. The standard InChI is InChI=1S/C36H33ClF3N5O3/c1-36(10-11-36)45-35(47)24-15-29(44-33(31(24)40)23-14-26(37)28(39)16-27(23)38)25(19-6-4-3-5-7-19)18-43-34(46)20-12-21(17-42-22-8-9-22)32(41)30(13-20)48-2/h3-7,12-17,22,25,41-42H,8-11,18H2,1-2H3,(H,43,46)(H,45,47)/b21-17-,41-32?/t25-/m0/s1. The van der Waals surface area contributed by atoms with Crippen molar-refractivity contribution in [3.8, 4) is 11.3 Å². The number of amides is 2. The number of nitrogens with zero attached hydrogens (tertiary/aromatic N) is 1. The maximum Gasteiger partial charge on any atom is 0.254 e. The molecule has 3 aliphatic rings. The molecule has 2 amide bonds. The molecule has 6 rings (SSSR count). The number of benzene rings is 2. The summed E-state index contributed by atoms with van der Waals surface area (Å²) in [5, 5.41) is 17.0. The minimum atomic E-state index is -1.11. The Morgan fingerprint density at radius 1 is 1.08 bits per heavy atom. The molecule has 3 aromatic rings. The maximum absolute atomic E-state index is 16.1. The lowest BCUT2D eigenvalue weighted by Gasteiger charge is -2.22. The Labute approximate surface area is 280 Å². The molecule has 2 saturated carbocycles. The monoisotopic (exact) mass is 675 g/mol. The van der Waals surface area contributed by atoms with E-state index in [1.807, 2.05) is 6.92 Å². The highest BCUT2D eigenvalue weighted by atomic mass is 35.5. The van der Waals surface area contributed by atoms with Gasteiger partial charge in [-0.25, -0.2) is 18.2 Å². The highest BCUT2D eigenvalue weighted by molar-refractivity contribution is 6.31. The summed E-state index contributed by atoms with van der Waals surface area (Å²) in [6.45, 7) is 1.78. The molecule has 0 spiro atoms. The number of hydrogen-bond donors (Lipinski definition) is 4. The lowest BCUT2D eigenvalue weighted by molar-refractivity contribution is -0.117. The molecule has 48 heavy (non-hydrogen) atoms. The second-order valence-electron chi connectivity index (χ2n) is 12.4. The summed E-state index contributed by atoms with van der Waals surface area (Å²) in [7, 11) is 1.42. The molecular weight excluding hydrogens is 643 g/mol. The van der Waals surface area contributed by atoms with Crippen LogP contribution in [0.4, 0.5) is 13.2 Å². The fourth-order valence-electron chi connectivity index (χ4n) is 5.31. The number of hydrogen-bond acceptors (Lipinski definition) is 6. The summed E-state index contributed by atoms with van der Waals surface area (Å²) in [5.41, 5.74) is -0.138. The van der Waals surface area contributed by atoms with Crippen molar-refractivity contribution in [2.45, 2.75) is 50.1 Å². The summed E-state index contributed by atoms with van der Waals surface area (Å²) in [6.07, 6.45) is 8.26. The first-order valence-electron chi connectivity index (χ1n) is 15.5. The van der Waals surface area contributed by atoms with Gasteiger partial charge in [-0.15, -0.1) is 0 Å². The molecule has 3 aliphatic carbocycles. The highest BCUT2D eigenvalue weighted by Gasteiger charge is 2.40. The third-order valence-electron chi connectivity index (χ3n) is 8.59. The van der Waals surface area contributed by atoms with Crippen LogP contribution in [-0.4, -0.2) is 47.7 Å². The average Bonchev–Trinajstić information content (AvgIpc) is 4.01. The number of allylic oxidation sites excluding steroid dienone is 2. The van der Waals surface area contributed by atoms with E-state index in [1.54, 1.807) is 42.6 Å². The van der Waals surface area contributed by atoms with Crippen molar-refractivity contribution in [1.82, 2.24) is 20.9 Å². The zero-order valence-corrected chi connectivity index (χ0v) is 27.0. The number of nitrogens with one attached hydrogen (secondary N) is 4. The molecule has 4 N–H and O–H groups in total. The van der Waals surface area contributed by atoms with Crippen molar-refractivity contribution in [3.63, 3.8) is 0 Å². The van der Waals surface area contributed by atoms with Gasteiger partial charge in [-0.3, -0.25) is 15.0 Å². The van der Waals surface area contributed by atoms with Gasteiger partial charge < -0.3 is 20.7 Å². The normalized spacial score (nSPS) is 18.0. The van der Waals surface area contributed by atoms with Crippen LogP contribution in [0.3, 0.4) is 0 Å². The van der Waals surface area contributed by atoms with Crippen LogP contribution in [0.2, 0.25) is 5.02 Å². The van der Waals surface area contributed by atoms with Gasteiger partial charge in [0.1, 0.15) is 28.8 Å². The van der Waals surface area contributed by atoms with Crippen molar-refractivity contribution in [1.29, 1.82) is 5.41 Å². The fourth-order valence-corrected chi connectivity index (χ4v) is 5.47. The number of methoxy groups -OCH3 is 1. The van der Waals surface area contributed by atoms with E-state index in [9.17, 15) is 14.0 Å². The molecule has 248 valence electrons. The zero-order chi connectivity index (χ0) is 34.2. The average molecular weight is 676 g/mol. The van der Waals surface area contributed by atoms with Gasteiger partial charge in [-0.05, 0) is 62.5 Å². The molecule has 1 aromatic heterocycles. The van der Waals surface area contributed by atoms with Crippen LogP contribution in [0.5, 0.6) is 0 Å². The largest absolute Gasteiger partial charge is 0.494 e. The van der Waals surface area contributed by atoms with Gasteiger partial charge in [-0.1, -0.05) is 41.9 Å². The fraction of sp³-hybridized carbons (Fsp3) is 0.278. The van der Waals surface area contributed by atoms with Crippen LogP contribution >= 0.6 is 11.6 Å². The Kier molecular flexibility index (Phi) is 9.15. The van der Waals surface area contributed by atoms with Crippen molar-refractivity contribution >= 4 is 29.1 Å². The predicted molar refractivity (Wildman–Crippen MR) is 176 cm³/mol. The van der Waals surface area contributed by atoms with Crippen LogP contribution in [-0.2, 0) is 9.53 Å². The minimum absolute atomic E-state index is 0.0589. The molecule has 0 unspecified atom stereocenters. The summed E-state index contributed by atoms with van der Waals surface area (Å²) in [6, 6.07) is 12.0. The van der Waals surface area contributed by atoms with E-state index in [-0.39, 0.29) is 34.8 Å². The molecule has 1 heterocycles. The molecule has 0 aliphatic heterocycles. The number of carbonyl (C=O) groups is 2. The summed E-state index contributed by atoms with van der Waals surface area (Å²) >= 11 is 5.96. The Morgan fingerprint density at radius 3 is 2.48 bits per heavy atom. The van der Waals surface area contributed by atoms with E-state index in [0.717, 1.165) is 18.9 Å². The van der Waals surface area contributed by atoms with E-state index in [0.29, 0.717) is 36.1 Å². The Bertz CT molecular complexity index is 1900. The van der Waals surface area contributed by atoms with Gasteiger partial charge in [0.15, 0.2) is 5.82 Å². The molecule has 1 atom stereocenters. The quantitative estimate of drug-likeness (QED) is 0.174. The van der Waals surface area contributed by atoms with E-state index < -0.39 is 57.0 Å². The topological polar surface area (TPSA) is 116 Å². The van der Waals surface area contributed by atoms with Crippen LogP contribution < -0.4 is 16.0 Å². The van der Waals surface area contributed by atoms with Crippen molar-refractivity contribution < 1.29 is 27.5 Å². The summed E-state index contributed by atoms with van der Waals surface area (Å²) in [5.74, 6) is -4.95. The van der Waals surface area contributed by atoms with Crippen LogP contribution in [0.15, 0.2) is 83.8 Å². The lowest BCUT2D eigenvalue weighted by atomic mass is 9.92. The smallest absolute Gasteiger partial charge is 0.254 e. The van der Waals surface area contributed by atoms with Crippen molar-refractivity contribution in [3.05, 3.63) is 123 Å². The second-order valence-corrected chi connectivity index (χ2v) is 12.8. The molecule has 2 fully saturated rings. The van der Waals surface area contributed by atoms with Crippen molar-refractivity contribution in [2.75, 3.05) is 13.7 Å². The first-order valence-corrected chi connectivity index (χ1v) is 15.9. The SMILES string of the molecule is COC1=CC(C(=O)NC[C@@H](c2ccccc2)c2cc(C(=O)NC3(C)CC3)c(F)c(-c3cc(Cl)c(F)cc3F)n2)=C/C(=C/NC2CC2)C1=N. The first kappa shape index (κ1) is 33.0. The Morgan fingerprint density at radius 2 is 1.81 bits per heavy atom. The zero-order valence-electron chi connectivity index (χ0n) is 26.2. The Balaban J connectivity index is 1.39. The van der Waals surface area contributed by atoms with Gasteiger partial charge in [0.25, 0.3) is 11.8 Å². The third kappa shape index (κ3) is 7.16. The van der Waals surface area contributed by atoms with Gasteiger partial charge in [0, 0.05) is 53.0 Å². The number of halogens is 4. The van der Waals surface area contributed by atoms with Gasteiger partial charge in [0.2, 0.25) is 0 Å². The highest BCUT2D eigenvalue weighted by Crippen LogP contribution is 2.37. The van der Waals surface area contributed by atoms with Crippen LogP contribution in [0.1, 0.15) is 60.1 Å². The van der Waals surface area contributed by atoms with Gasteiger partial charge in [-0.2, -0.15) is 0 Å². The predicted octanol–water partition coefficient (Wildman–Crippen LogP) is 6.48. The number of rotatable bonds is 11. The lowest BCUT2D eigenvalue weighted by Crippen LogP contribution is -2.35. The number of ether oxygens (including phenoxy) is 1. The van der Waals surface area contributed by atoms with E-state index in [4.69, 9.17) is 21.7 Å². The maximum atomic E-state index is 16.1. The van der Waals surface area contributed by atoms with E-state index in [1.165, 1.54) is 19.3 Å². The molecule has 8 nitrogen and oxygen atoms in total. The molecule has 0 bridgehead atoms. The molecule has 2 aromatic carbocycles. The van der Waals surface area contributed by atoms with Gasteiger partial charge in [0.05, 0.1) is 23.4 Å². The summed E-state index contributed by atoms with van der Waals surface area (Å²) < 4.78 is 50.7. The van der Waals surface area contributed by atoms with E-state index in [2.05, 4.69) is 20.9 Å². The number of pyridine rings is 1. The van der Waals surface area contributed by atoms with Crippen LogP contribution in [0.25, 0.3) is 11.3 Å². The number of aromatic nitrogens is 1.